The van der Waals surface area contributed by atoms with Crippen LogP contribution in [0.15, 0.2) is 42.5 Å². The van der Waals surface area contributed by atoms with Crippen molar-refractivity contribution in [2.75, 3.05) is 11.9 Å². The van der Waals surface area contributed by atoms with Gasteiger partial charge in [0, 0.05) is 5.02 Å². The summed E-state index contributed by atoms with van der Waals surface area (Å²) in [7, 11) is 0. The van der Waals surface area contributed by atoms with Crippen LogP contribution in [0, 0.1) is 13.8 Å². The highest BCUT2D eigenvalue weighted by Crippen LogP contribution is 2.28. The van der Waals surface area contributed by atoms with Gasteiger partial charge in [-0.2, -0.15) is 0 Å². The predicted octanol–water partition coefficient (Wildman–Crippen LogP) is 4.19. The third-order valence-electron chi connectivity index (χ3n) is 3.95. The number of ether oxygens (including phenoxy) is 1. The summed E-state index contributed by atoms with van der Waals surface area (Å²) in [5.41, 5.74) is 3.22. The lowest BCUT2D eigenvalue weighted by Gasteiger charge is -2.13. The first kappa shape index (κ1) is 17.9. The van der Waals surface area contributed by atoms with E-state index in [2.05, 4.69) is 15.6 Å². The van der Waals surface area contributed by atoms with Crippen LogP contribution >= 0.6 is 11.6 Å². The van der Waals surface area contributed by atoms with Crippen LogP contribution in [0.1, 0.15) is 28.7 Å². The van der Waals surface area contributed by atoms with Crippen molar-refractivity contribution >= 4 is 23.2 Å². The zero-order chi connectivity index (χ0) is 18.7. The number of aryl methyl sites for hydroxylation is 1. The van der Waals surface area contributed by atoms with E-state index in [1.165, 1.54) is 0 Å². The SMILES string of the molecule is CCOc1cccc(C)c1NC(=O)c1nnn(-c2ccc(Cl)cc2)c1C. The first-order valence-corrected chi connectivity index (χ1v) is 8.61. The first-order valence-electron chi connectivity index (χ1n) is 8.23. The lowest BCUT2D eigenvalue weighted by atomic mass is 10.1. The number of benzene rings is 2. The molecule has 0 atom stereocenters. The zero-order valence-electron chi connectivity index (χ0n) is 14.8. The molecule has 0 saturated heterocycles. The Morgan fingerprint density at radius 3 is 2.62 bits per heavy atom. The minimum Gasteiger partial charge on any atom is -0.492 e. The number of nitrogens with one attached hydrogen (secondary N) is 1. The lowest BCUT2D eigenvalue weighted by molar-refractivity contribution is 0.102. The fraction of sp³-hybridized carbons (Fsp3) is 0.211. The largest absolute Gasteiger partial charge is 0.492 e. The maximum absolute atomic E-state index is 12.7. The number of anilines is 1. The fourth-order valence-corrected chi connectivity index (χ4v) is 2.74. The van der Waals surface area contributed by atoms with Gasteiger partial charge >= 0.3 is 0 Å². The molecule has 0 aliphatic carbocycles. The molecule has 0 aliphatic rings. The fourth-order valence-electron chi connectivity index (χ4n) is 2.62. The molecule has 0 aliphatic heterocycles. The number of carbonyl (C=O) groups is 1. The van der Waals surface area contributed by atoms with E-state index >= 15 is 0 Å². The molecule has 3 rings (SSSR count). The number of amides is 1. The Balaban J connectivity index is 1.89. The molecule has 3 aromatic rings. The summed E-state index contributed by atoms with van der Waals surface area (Å²) >= 11 is 5.92. The third kappa shape index (κ3) is 3.55. The number of hydrogen-bond acceptors (Lipinski definition) is 4. The predicted molar refractivity (Wildman–Crippen MR) is 101 cm³/mol. The normalized spacial score (nSPS) is 10.6. The van der Waals surface area contributed by atoms with Crippen LogP contribution < -0.4 is 10.1 Å². The molecule has 0 spiro atoms. The molecule has 0 unspecified atom stereocenters. The van der Waals surface area contributed by atoms with Crippen molar-refractivity contribution in [2.45, 2.75) is 20.8 Å². The molecule has 7 heteroatoms. The van der Waals surface area contributed by atoms with Gasteiger partial charge in [-0.1, -0.05) is 28.9 Å². The highest BCUT2D eigenvalue weighted by molar-refractivity contribution is 6.30. The van der Waals surface area contributed by atoms with Crippen molar-refractivity contribution in [1.29, 1.82) is 0 Å². The number of carbonyl (C=O) groups excluding carboxylic acids is 1. The number of rotatable bonds is 5. The lowest BCUT2D eigenvalue weighted by Crippen LogP contribution is -2.16. The maximum atomic E-state index is 12.7. The summed E-state index contributed by atoms with van der Waals surface area (Å²) in [6.07, 6.45) is 0. The zero-order valence-corrected chi connectivity index (χ0v) is 15.5. The number of para-hydroxylation sites is 1. The van der Waals surface area contributed by atoms with Crippen LogP contribution in [-0.2, 0) is 0 Å². The second-order valence-electron chi connectivity index (χ2n) is 5.75. The van der Waals surface area contributed by atoms with Gasteiger partial charge < -0.3 is 10.1 Å². The average molecular weight is 371 g/mol. The molecule has 1 amide bonds. The topological polar surface area (TPSA) is 69.0 Å². The average Bonchev–Trinajstić information content (AvgIpc) is 3.00. The van der Waals surface area contributed by atoms with Gasteiger partial charge in [0.05, 0.1) is 23.7 Å². The minimum atomic E-state index is -0.335. The summed E-state index contributed by atoms with van der Waals surface area (Å²) in [5.74, 6) is 0.293. The Morgan fingerprint density at radius 1 is 1.19 bits per heavy atom. The van der Waals surface area contributed by atoms with Crippen LogP contribution in [0.2, 0.25) is 5.02 Å². The van der Waals surface area contributed by atoms with E-state index in [-0.39, 0.29) is 11.6 Å². The summed E-state index contributed by atoms with van der Waals surface area (Å²) in [4.78, 5) is 12.7. The van der Waals surface area contributed by atoms with Crippen molar-refractivity contribution in [1.82, 2.24) is 15.0 Å². The van der Waals surface area contributed by atoms with Gasteiger partial charge in [0.25, 0.3) is 5.91 Å². The molecule has 1 aromatic heterocycles. The molecule has 1 heterocycles. The summed E-state index contributed by atoms with van der Waals surface area (Å²) in [6, 6.07) is 12.8. The highest BCUT2D eigenvalue weighted by Gasteiger charge is 2.19. The van der Waals surface area contributed by atoms with Crippen LogP contribution in [0.5, 0.6) is 5.75 Å². The molecule has 6 nitrogen and oxygen atoms in total. The Morgan fingerprint density at radius 2 is 1.92 bits per heavy atom. The third-order valence-corrected chi connectivity index (χ3v) is 4.21. The van der Waals surface area contributed by atoms with Gasteiger partial charge in [-0.3, -0.25) is 4.79 Å². The standard InChI is InChI=1S/C19H19ClN4O2/c1-4-26-16-7-5-6-12(2)17(16)21-19(25)18-13(3)24(23-22-18)15-10-8-14(20)9-11-15/h5-11H,4H2,1-3H3,(H,21,25). The molecule has 0 bridgehead atoms. The van der Waals surface area contributed by atoms with Gasteiger partial charge in [-0.15, -0.1) is 5.10 Å². The summed E-state index contributed by atoms with van der Waals surface area (Å²) in [6.45, 7) is 6.12. The van der Waals surface area contributed by atoms with E-state index in [9.17, 15) is 4.79 Å². The van der Waals surface area contributed by atoms with Crippen LogP contribution in [0.4, 0.5) is 5.69 Å². The number of halogens is 1. The van der Waals surface area contributed by atoms with Gasteiger partial charge in [0.15, 0.2) is 5.69 Å². The van der Waals surface area contributed by atoms with E-state index in [0.29, 0.717) is 28.8 Å². The number of aromatic nitrogens is 3. The molecule has 0 saturated carbocycles. The van der Waals surface area contributed by atoms with Crippen LogP contribution in [-0.4, -0.2) is 27.5 Å². The van der Waals surface area contributed by atoms with Gasteiger partial charge in [0.2, 0.25) is 0 Å². The summed E-state index contributed by atoms with van der Waals surface area (Å²) < 4.78 is 7.21. The molecule has 1 N–H and O–H groups in total. The van der Waals surface area contributed by atoms with E-state index < -0.39 is 0 Å². The monoisotopic (exact) mass is 370 g/mol. The number of nitrogens with zero attached hydrogens (tertiary/aromatic N) is 3. The quantitative estimate of drug-likeness (QED) is 0.731. The molecule has 134 valence electrons. The van der Waals surface area contributed by atoms with Crippen molar-refractivity contribution in [2.24, 2.45) is 0 Å². The summed E-state index contributed by atoms with van der Waals surface area (Å²) in [5, 5.41) is 11.7. The van der Waals surface area contributed by atoms with Crippen LogP contribution in [0.3, 0.4) is 0 Å². The molecule has 26 heavy (non-hydrogen) atoms. The Bertz CT molecular complexity index is 935. The second-order valence-corrected chi connectivity index (χ2v) is 6.18. The minimum absolute atomic E-state index is 0.255. The Kier molecular flexibility index (Phi) is 5.23. The Hall–Kier alpha value is -2.86. The van der Waals surface area contributed by atoms with E-state index in [1.54, 1.807) is 23.7 Å². The molecule has 0 fully saturated rings. The van der Waals surface area contributed by atoms with Crippen molar-refractivity contribution in [3.63, 3.8) is 0 Å². The highest BCUT2D eigenvalue weighted by atomic mass is 35.5. The van der Waals surface area contributed by atoms with E-state index in [1.807, 2.05) is 44.2 Å². The maximum Gasteiger partial charge on any atom is 0.278 e. The van der Waals surface area contributed by atoms with Gasteiger partial charge in [-0.25, -0.2) is 4.68 Å². The van der Waals surface area contributed by atoms with Gasteiger partial charge in [-0.05, 0) is 56.7 Å². The van der Waals surface area contributed by atoms with E-state index in [0.717, 1.165) is 11.3 Å². The smallest absolute Gasteiger partial charge is 0.278 e. The Labute approximate surface area is 156 Å². The number of hydrogen-bond donors (Lipinski definition) is 1. The van der Waals surface area contributed by atoms with Crippen LogP contribution in [0.25, 0.3) is 5.69 Å². The van der Waals surface area contributed by atoms with Crippen molar-refractivity contribution < 1.29 is 9.53 Å². The van der Waals surface area contributed by atoms with Crippen molar-refractivity contribution in [3.8, 4) is 11.4 Å². The molecule has 2 aromatic carbocycles. The molecular formula is C19H19ClN4O2. The first-order chi connectivity index (χ1) is 12.5. The van der Waals surface area contributed by atoms with Gasteiger partial charge in [0.1, 0.15) is 5.75 Å². The molecule has 0 radical (unpaired) electrons. The second kappa shape index (κ2) is 7.58. The molecular weight excluding hydrogens is 352 g/mol. The van der Waals surface area contributed by atoms with E-state index in [4.69, 9.17) is 16.3 Å². The van der Waals surface area contributed by atoms with Crippen molar-refractivity contribution in [3.05, 3.63) is 64.4 Å².